The smallest absolute Gasteiger partial charge is 0.290 e. The normalized spacial score (nSPS) is 13.6. The monoisotopic (exact) mass is 357 g/mol. The second-order valence-corrected chi connectivity index (χ2v) is 6.92. The fourth-order valence-corrected chi connectivity index (χ4v) is 3.05. The van der Waals surface area contributed by atoms with Crippen molar-refractivity contribution >= 4 is 11.8 Å². The maximum Gasteiger partial charge on any atom is 0.290 e. The lowest BCUT2D eigenvalue weighted by Crippen LogP contribution is -2.44. The molecule has 0 radical (unpaired) electrons. The molecule has 0 N–H and O–H groups in total. The van der Waals surface area contributed by atoms with Crippen molar-refractivity contribution in [1.82, 2.24) is 14.4 Å². The minimum atomic E-state index is -0.216. The van der Waals surface area contributed by atoms with Crippen LogP contribution in [0, 0.1) is 0 Å². The number of aryl methyl sites for hydroxylation is 1. The van der Waals surface area contributed by atoms with Gasteiger partial charge in [-0.05, 0) is 43.5 Å². The molecule has 2 heterocycles. The van der Waals surface area contributed by atoms with Crippen molar-refractivity contribution in [3.05, 3.63) is 48.2 Å². The van der Waals surface area contributed by atoms with E-state index in [1.54, 1.807) is 17.0 Å². The van der Waals surface area contributed by atoms with Crippen LogP contribution in [0.15, 0.2) is 41.1 Å². The van der Waals surface area contributed by atoms with E-state index in [0.717, 1.165) is 31.4 Å². The van der Waals surface area contributed by atoms with Crippen molar-refractivity contribution < 1.29 is 14.0 Å². The van der Waals surface area contributed by atoms with Gasteiger partial charge >= 0.3 is 0 Å². The van der Waals surface area contributed by atoms with Gasteiger partial charge < -0.3 is 18.8 Å². The SMILES string of the molecule is CCCCN(CC(=O)N(Cc1cccn1C)C1CC1)C(=O)c1ccco1. The van der Waals surface area contributed by atoms with E-state index in [1.807, 2.05) is 34.8 Å². The highest BCUT2D eigenvalue weighted by Gasteiger charge is 2.34. The van der Waals surface area contributed by atoms with Crippen molar-refractivity contribution in [2.45, 2.75) is 45.2 Å². The zero-order valence-electron chi connectivity index (χ0n) is 15.6. The molecule has 1 aliphatic rings. The Balaban J connectivity index is 1.70. The summed E-state index contributed by atoms with van der Waals surface area (Å²) in [5.74, 6) is 0.0745. The molecule has 1 fully saturated rings. The summed E-state index contributed by atoms with van der Waals surface area (Å²) in [5.41, 5.74) is 1.10. The van der Waals surface area contributed by atoms with Crippen LogP contribution >= 0.6 is 0 Å². The molecule has 2 aromatic rings. The van der Waals surface area contributed by atoms with Gasteiger partial charge in [-0.15, -0.1) is 0 Å². The lowest BCUT2D eigenvalue weighted by Gasteiger charge is -2.27. The standard InChI is InChI=1S/C20H27N3O3/c1-3-4-12-22(20(25)18-8-6-13-26-18)15-19(24)23(16-9-10-16)14-17-7-5-11-21(17)2/h5-8,11,13,16H,3-4,9-10,12,14-15H2,1-2H3. The molecule has 2 aromatic heterocycles. The Labute approximate surface area is 154 Å². The van der Waals surface area contributed by atoms with Crippen LogP contribution in [0.2, 0.25) is 0 Å². The first-order chi connectivity index (χ1) is 12.6. The van der Waals surface area contributed by atoms with Gasteiger partial charge in [-0.25, -0.2) is 0 Å². The molecule has 3 rings (SSSR count). The third-order valence-corrected chi connectivity index (χ3v) is 4.82. The number of carbonyl (C=O) groups is 2. The Morgan fingerprint density at radius 2 is 2.08 bits per heavy atom. The van der Waals surface area contributed by atoms with Gasteiger partial charge in [-0.1, -0.05) is 13.3 Å². The highest BCUT2D eigenvalue weighted by Crippen LogP contribution is 2.28. The first-order valence-electron chi connectivity index (χ1n) is 9.32. The fourth-order valence-electron chi connectivity index (χ4n) is 3.05. The second kappa shape index (κ2) is 8.25. The van der Waals surface area contributed by atoms with Crippen molar-refractivity contribution in [3.63, 3.8) is 0 Å². The van der Waals surface area contributed by atoms with Crippen molar-refractivity contribution in [2.24, 2.45) is 7.05 Å². The molecule has 0 aliphatic heterocycles. The summed E-state index contributed by atoms with van der Waals surface area (Å²) in [6.45, 7) is 3.32. The largest absolute Gasteiger partial charge is 0.459 e. The molecule has 0 atom stereocenters. The van der Waals surface area contributed by atoms with Crippen LogP contribution in [0.25, 0.3) is 0 Å². The van der Waals surface area contributed by atoms with Gasteiger partial charge in [0.1, 0.15) is 6.54 Å². The summed E-state index contributed by atoms with van der Waals surface area (Å²) in [6.07, 6.45) is 7.37. The van der Waals surface area contributed by atoms with Crippen LogP contribution in [-0.4, -0.2) is 45.3 Å². The van der Waals surface area contributed by atoms with E-state index in [4.69, 9.17) is 4.42 Å². The first kappa shape index (κ1) is 18.3. The molecule has 6 nitrogen and oxygen atoms in total. The number of amides is 2. The summed E-state index contributed by atoms with van der Waals surface area (Å²) >= 11 is 0. The Bertz CT molecular complexity index is 731. The summed E-state index contributed by atoms with van der Waals surface area (Å²) in [5, 5.41) is 0. The Hall–Kier alpha value is -2.50. The molecule has 0 unspecified atom stereocenters. The maximum atomic E-state index is 13.0. The zero-order chi connectivity index (χ0) is 18.5. The first-order valence-corrected chi connectivity index (χ1v) is 9.32. The molecular weight excluding hydrogens is 330 g/mol. The predicted molar refractivity (Wildman–Crippen MR) is 98.5 cm³/mol. The molecule has 6 heteroatoms. The number of unbranched alkanes of at least 4 members (excludes halogenated alkanes) is 1. The molecule has 140 valence electrons. The maximum absolute atomic E-state index is 13.0. The van der Waals surface area contributed by atoms with E-state index in [-0.39, 0.29) is 24.1 Å². The highest BCUT2D eigenvalue weighted by atomic mass is 16.3. The number of hydrogen-bond acceptors (Lipinski definition) is 3. The number of carbonyl (C=O) groups excluding carboxylic acids is 2. The molecule has 1 aliphatic carbocycles. The molecule has 0 bridgehead atoms. The Morgan fingerprint density at radius 3 is 2.65 bits per heavy atom. The van der Waals surface area contributed by atoms with Crippen LogP contribution in [0.1, 0.15) is 48.9 Å². The lowest BCUT2D eigenvalue weighted by molar-refractivity contribution is -0.133. The third kappa shape index (κ3) is 4.36. The summed E-state index contributed by atoms with van der Waals surface area (Å²) in [4.78, 5) is 29.2. The summed E-state index contributed by atoms with van der Waals surface area (Å²) < 4.78 is 7.27. The number of aromatic nitrogens is 1. The van der Waals surface area contributed by atoms with E-state index in [9.17, 15) is 9.59 Å². The molecule has 26 heavy (non-hydrogen) atoms. The van der Waals surface area contributed by atoms with E-state index in [1.165, 1.54) is 6.26 Å². The average Bonchev–Trinajstić information content (AvgIpc) is 3.16. The quantitative estimate of drug-likeness (QED) is 0.693. The average molecular weight is 357 g/mol. The van der Waals surface area contributed by atoms with E-state index >= 15 is 0 Å². The summed E-state index contributed by atoms with van der Waals surface area (Å²) in [7, 11) is 1.98. The Morgan fingerprint density at radius 1 is 1.27 bits per heavy atom. The van der Waals surface area contributed by atoms with Gasteiger partial charge in [0.25, 0.3) is 5.91 Å². The predicted octanol–water partition coefficient (Wildman–Crippen LogP) is 3.05. The van der Waals surface area contributed by atoms with Crippen LogP contribution in [-0.2, 0) is 18.4 Å². The second-order valence-electron chi connectivity index (χ2n) is 6.92. The number of nitrogens with zero attached hydrogens (tertiary/aromatic N) is 3. The molecule has 0 saturated heterocycles. The topological polar surface area (TPSA) is 58.7 Å². The van der Waals surface area contributed by atoms with Gasteiger partial charge in [0.15, 0.2) is 5.76 Å². The molecule has 0 aromatic carbocycles. The highest BCUT2D eigenvalue weighted by molar-refractivity contribution is 5.94. The van der Waals surface area contributed by atoms with Gasteiger partial charge in [0, 0.05) is 31.5 Å². The van der Waals surface area contributed by atoms with Crippen LogP contribution in [0.4, 0.5) is 0 Å². The zero-order valence-corrected chi connectivity index (χ0v) is 15.6. The van der Waals surface area contributed by atoms with Crippen molar-refractivity contribution in [3.8, 4) is 0 Å². The number of furan rings is 1. The van der Waals surface area contributed by atoms with Crippen LogP contribution < -0.4 is 0 Å². The summed E-state index contributed by atoms with van der Waals surface area (Å²) in [6, 6.07) is 7.65. The lowest BCUT2D eigenvalue weighted by atomic mass is 10.2. The fraction of sp³-hybridized carbons (Fsp3) is 0.500. The van der Waals surface area contributed by atoms with Crippen molar-refractivity contribution in [1.29, 1.82) is 0 Å². The molecular formula is C20H27N3O3. The Kier molecular flexibility index (Phi) is 5.81. The van der Waals surface area contributed by atoms with Crippen LogP contribution in [0.5, 0.6) is 0 Å². The molecule has 2 amide bonds. The van der Waals surface area contributed by atoms with Gasteiger partial charge in [-0.2, -0.15) is 0 Å². The van der Waals surface area contributed by atoms with E-state index < -0.39 is 0 Å². The van der Waals surface area contributed by atoms with Gasteiger partial charge in [0.2, 0.25) is 5.91 Å². The third-order valence-electron chi connectivity index (χ3n) is 4.82. The molecule has 0 spiro atoms. The van der Waals surface area contributed by atoms with E-state index in [2.05, 4.69) is 6.92 Å². The van der Waals surface area contributed by atoms with Crippen LogP contribution in [0.3, 0.4) is 0 Å². The molecule has 1 saturated carbocycles. The van der Waals surface area contributed by atoms with Gasteiger partial charge in [-0.3, -0.25) is 9.59 Å². The van der Waals surface area contributed by atoms with Gasteiger partial charge in [0.05, 0.1) is 12.8 Å². The minimum Gasteiger partial charge on any atom is -0.459 e. The minimum absolute atomic E-state index is 0.00436. The number of rotatable bonds is 9. The van der Waals surface area contributed by atoms with E-state index in [0.29, 0.717) is 19.1 Å². The van der Waals surface area contributed by atoms with Crippen molar-refractivity contribution in [2.75, 3.05) is 13.1 Å². The number of hydrogen-bond donors (Lipinski definition) is 0.